The highest BCUT2D eigenvalue weighted by Crippen LogP contribution is 2.37. The highest BCUT2D eigenvalue weighted by atomic mass is 15.3. The van der Waals surface area contributed by atoms with Crippen LogP contribution in [0.25, 0.3) is 0 Å². The Morgan fingerprint density at radius 2 is 2.05 bits per heavy atom. The minimum Gasteiger partial charge on any atom is -0.308 e. The van der Waals surface area contributed by atoms with Crippen molar-refractivity contribution in [3.05, 3.63) is 18.0 Å². The molecule has 1 aliphatic carbocycles. The van der Waals surface area contributed by atoms with E-state index in [2.05, 4.69) is 42.3 Å². The lowest BCUT2D eigenvalue weighted by Crippen LogP contribution is -2.67. The Balaban J connectivity index is 1.77. The minimum absolute atomic E-state index is 0.266. The van der Waals surface area contributed by atoms with Gasteiger partial charge in [-0.05, 0) is 33.1 Å². The summed E-state index contributed by atoms with van der Waals surface area (Å²) in [6.45, 7) is 11.2. The molecule has 2 heterocycles. The molecular formula is C17H30N4. The number of piperazine rings is 1. The van der Waals surface area contributed by atoms with E-state index in [-0.39, 0.29) is 5.54 Å². The molecule has 1 saturated carbocycles. The predicted octanol–water partition coefficient (Wildman–Crippen LogP) is 2.79. The normalized spacial score (nSPS) is 29.3. The summed E-state index contributed by atoms with van der Waals surface area (Å²) in [5.41, 5.74) is 2.00. The number of nitrogens with one attached hydrogen (secondary N) is 1. The molecule has 1 aromatic heterocycles. The largest absolute Gasteiger partial charge is 0.308 e. The van der Waals surface area contributed by atoms with Gasteiger partial charge in [0.2, 0.25) is 0 Å². The van der Waals surface area contributed by atoms with Crippen LogP contribution in [-0.2, 0) is 13.1 Å². The van der Waals surface area contributed by atoms with E-state index in [0.29, 0.717) is 5.54 Å². The standard InChI is InChI=1S/C17H30N4/c1-4-16(3)13-18-17(8-6-7-9-17)14-20(16)11-15-10-19-21(5-2)12-15/h10,12,18H,4-9,11,13-14H2,1-3H3. The third-order valence-electron chi connectivity index (χ3n) is 5.81. The Bertz CT molecular complexity index is 475. The third kappa shape index (κ3) is 2.88. The van der Waals surface area contributed by atoms with E-state index in [1.807, 2.05) is 10.9 Å². The van der Waals surface area contributed by atoms with E-state index < -0.39 is 0 Å². The van der Waals surface area contributed by atoms with Gasteiger partial charge in [-0.15, -0.1) is 0 Å². The zero-order valence-electron chi connectivity index (χ0n) is 13.9. The van der Waals surface area contributed by atoms with E-state index in [9.17, 15) is 0 Å². The molecule has 1 unspecified atom stereocenters. The van der Waals surface area contributed by atoms with Crippen molar-refractivity contribution >= 4 is 0 Å². The second kappa shape index (κ2) is 5.73. The number of aryl methyl sites for hydroxylation is 1. The van der Waals surface area contributed by atoms with Crippen LogP contribution in [0.3, 0.4) is 0 Å². The summed E-state index contributed by atoms with van der Waals surface area (Å²) in [5, 5.41) is 8.34. The average Bonchev–Trinajstić information content (AvgIpc) is 3.13. The first-order chi connectivity index (χ1) is 10.1. The van der Waals surface area contributed by atoms with E-state index >= 15 is 0 Å². The van der Waals surface area contributed by atoms with Crippen molar-refractivity contribution in [2.75, 3.05) is 13.1 Å². The summed E-state index contributed by atoms with van der Waals surface area (Å²) in [6.07, 6.45) is 10.9. The Kier molecular flexibility index (Phi) is 4.10. The summed E-state index contributed by atoms with van der Waals surface area (Å²) < 4.78 is 2.03. The second-order valence-electron chi connectivity index (χ2n) is 7.25. The molecule has 2 fully saturated rings. The fourth-order valence-corrected chi connectivity index (χ4v) is 3.97. The molecule has 21 heavy (non-hydrogen) atoms. The molecule has 1 spiro atoms. The van der Waals surface area contributed by atoms with Crippen LogP contribution < -0.4 is 5.32 Å². The molecular weight excluding hydrogens is 260 g/mol. The Morgan fingerprint density at radius 3 is 2.67 bits per heavy atom. The highest BCUT2D eigenvalue weighted by molar-refractivity contribution is 5.10. The summed E-state index contributed by atoms with van der Waals surface area (Å²) >= 11 is 0. The zero-order valence-corrected chi connectivity index (χ0v) is 13.9. The average molecular weight is 290 g/mol. The van der Waals surface area contributed by atoms with Gasteiger partial charge in [0.25, 0.3) is 0 Å². The highest BCUT2D eigenvalue weighted by Gasteiger charge is 2.45. The van der Waals surface area contributed by atoms with E-state index in [0.717, 1.165) is 19.6 Å². The first kappa shape index (κ1) is 15.0. The maximum atomic E-state index is 4.44. The lowest BCUT2D eigenvalue weighted by Gasteiger charge is -2.52. The van der Waals surface area contributed by atoms with Crippen molar-refractivity contribution in [3.8, 4) is 0 Å². The predicted molar refractivity (Wildman–Crippen MR) is 86.2 cm³/mol. The Morgan fingerprint density at radius 1 is 1.29 bits per heavy atom. The van der Waals surface area contributed by atoms with E-state index in [4.69, 9.17) is 0 Å². The number of rotatable bonds is 4. The van der Waals surface area contributed by atoms with Crippen LogP contribution in [0.5, 0.6) is 0 Å². The number of aromatic nitrogens is 2. The summed E-state index contributed by atoms with van der Waals surface area (Å²) in [7, 11) is 0. The van der Waals surface area contributed by atoms with Crippen molar-refractivity contribution in [3.63, 3.8) is 0 Å². The monoisotopic (exact) mass is 290 g/mol. The van der Waals surface area contributed by atoms with Gasteiger partial charge in [-0.25, -0.2) is 0 Å². The Hall–Kier alpha value is -0.870. The van der Waals surface area contributed by atoms with Crippen molar-refractivity contribution in [1.29, 1.82) is 0 Å². The van der Waals surface area contributed by atoms with Gasteiger partial charge in [0.15, 0.2) is 0 Å². The van der Waals surface area contributed by atoms with Gasteiger partial charge in [0.05, 0.1) is 6.20 Å². The first-order valence-corrected chi connectivity index (χ1v) is 8.61. The van der Waals surface area contributed by atoms with Crippen LogP contribution in [0.15, 0.2) is 12.4 Å². The Labute approximate surface area is 128 Å². The van der Waals surface area contributed by atoms with Crippen LogP contribution in [0, 0.1) is 0 Å². The molecule has 2 aliphatic rings. The number of nitrogens with zero attached hydrogens (tertiary/aromatic N) is 3. The molecule has 0 bridgehead atoms. The summed E-state index contributed by atoms with van der Waals surface area (Å²) in [6, 6.07) is 0. The lowest BCUT2D eigenvalue weighted by atomic mass is 9.85. The van der Waals surface area contributed by atoms with Crippen LogP contribution >= 0.6 is 0 Å². The van der Waals surface area contributed by atoms with Gasteiger partial charge >= 0.3 is 0 Å². The lowest BCUT2D eigenvalue weighted by molar-refractivity contribution is 0.00777. The summed E-state index contributed by atoms with van der Waals surface area (Å²) in [5.74, 6) is 0. The molecule has 1 aliphatic heterocycles. The van der Waals surface area contributed by atoms with Crippen LogP contribution in [-0.4, -0.2) is 38.8 Å². The zero-order chi connectivity index (χ0) is 14.9. The maximum absolute atomic E-state index is 4.44. The molecule has 1 aromatic rings. The molecule has 0 amide bonds. The van der Waals surface area contributed by atoms with Gasteiger partial charge in [-0.2, -0.15) is 5.10 Å². The van der Waals surface area contributed by atoms with Gasteiger partial charge in [0.1, 0.15) is 0 Å². The molecule has 118 valence electrons. The van der Waals surface area contributed by atoms with Gasteiger partial charge < -0.3 is 5.32 Å². The quantitative estimate of drug-likeness (QED) is 0.925. The molecule has 3 rings (SSSR count). The first-order valence-electron chi connectivity index (χ1n) is 8.61. The SMILES string of the molecule is CCn1cc(CN2CC3(CCCC3)NCC2(C)CC)cn1. The number of hydrogen-bond acceptors (Lipinski definition) is 3. The summed E-state index contributed by atoms with van der Waals surface area (Å²) in [4.78, 5) is 2.71. The second-order valence-corrected chi connectivity index (χ2v) is 7.25. The topological polar surface area (TPSA) is 33.1 Å². The van der Waals surface area contributed by atoms with Gasteiger partial charge in [-0.3, -0.25) is 9.58 Å². The fraction of sp³-hybridized carbons (Fsp3) is 0.824. The van der Waals surface area contributed by atoms with Crippen LogP contribution in [0.4, 0.5) is 0 Å². The van der Waals surface area contributed by atoms with Gasteiger partial charge in [0, 0.05) is 49.0 Å². The minimum atomic E-state index is 0.266. The van der Waals surface area contributed by atoms with Crippen LogP contribution in [0.2, 0.25) is 0 Å². The van der Waals surface area contributed by atoms with Crippen molar-refractivity contribution < 1.29 is 0 Å². The van der Waals surface area contributed by atoms with Crippen LogP contribution in [0.1, 0.15) is 58.4 Å². The smallest absolute Gasteiger partial charge is 0.0534 e. The molecule has 0 aromatic carbocycles. The molecule has 1 saturated heterocycles. The van der Waals surface area contributed by atoms with E-state index in [1.54, 1.807) is 0 Å². The molecule has 4 heteroatoms. The van der Waals surface area contributed by atoms with Gasteiger partial charge in [-0.1, -0.05) is 19.8 Å². The fourth-order valence-electron chi connectivity index (χ4n) is 3.97. The maximum Gasteiger partial charge on any atom is 0.0534 e. The van der Waals surface area contributed by atoms with Crippen molar-refractivity contribution in [2.24, 2.45) is 0 Å². The van der Waals surface area contributed by atoms with E-state index in [1.165, 1.54) is 44.2 Å². The molecule has 4 nitrogen and oxygen atoms in total. The molecule has 0 radical (unpaired) electrons. The number of hydrogen-bond donors (Lipinski definition) is 1. The molecule has 1 atom stereocenters. The molecule has 1 N–H and O–H groups in total. The third-order valence-corrected chi connectivity index (χ3v) is 5.81. The van der Waals surface area contributed by atoms with Crippen molar-refractivity contribution in [2.45, 2.75) is 77.0 Å². The van der Waals surface area contributed by atoms with Crippen molar-refractivity contribution in [1.82, 2.24) is 20.0 Å².